The Balaban J connectivity index is 1.45. The predicted molar refractivity (Wildman–Crippen MR) is 219 cm³/mol. The van der Waals surface area contributed by atoms with Crippen LogP contribution in [0.15, 0.2) is 120 Å². The van der Waals surface area contributed by atoms with Crippen LogP contribution in [0.3, 0.4) is 0 Å². The molecule has 3 N–H and O–H groups in total. The van der Waals surface area contributed by atoms with Crippen molar-refractivity contribution >= 4 is 42.3 Å². The lowest BCUT2D eigenvalue weighted by molar-refractivity contribution is -0.143. The number of rotatable bonds is 12. The summed E-state index contributed by atoms with van der Waals surface area (Å²) < 4.78 is 90.9. The van der Waals surface area contributed by atoms with Crippen molar-refractivity contribution in [1.29, 1.82) is 0 Å². The van der Waals surface area contributed by atoms with E-state index >= 15 is 0 Å². The number of anilines is 1. The van der Waals surface area contributed by atoms with E-state index in [0.29, 0.717) is 29.0 Å². The Kier molecular flexibility index (Phi) is 12.7. The summed E-state index contributed by atoms with van der Waals surface area (Å²) >= 11 is 0. The number of amides is 2. The van der Waals surface area contributed by atoms with Gasteiger partial charge < -0.3 is 19.7 Å². The van der Waals surface area contributed by atoms with Gasteiger partial charge >= 0.3 is 12.4 Å². The Morgan fingerprint density at radius 1 is 0.833 bits per heavy atom. The number of aromatic hydroxyl groups is 1. The number of carbonyl (C=O) groups is 2. The second-order valence-electron chi connectivity index (χ2n) is 16.5. The van der Waals surface area contributed by atoms with Gasteiger partial charge in [-0.3, -0.25) is 9.59 Å². The lowest BCUT2D eigenvalue weighted by Gasteiger charge is -2.44. The van der Waals surface area contributed by atoms with Crippen LogP contribution in [0, 0.1) is 17.8 Å². The predicted octanol–water partition coefficient (Wildman–Crippen LogP) is 8.67. The average molecular weight is 852 g/mol. The van der Waals surface area contributed by atoms with Crippen molar-refractivity contribution in [3.63, 3.8) is 0 Å². The molecule has 318 valence electrons. The highest BCUT2D eigenvalue weighted by molar-refractivity contribution is 6.99. The van der Waals surface area contributed by atoms with Gasteiger partial charge in [-0.1, -0.05) is 105 Å². The second-order valence-corrected chi connectivity index (χ2v) is 20.9. The van der Waals surface area contributed by atoms with E-state index in [1.165, 1.54) is 12.1 Å². The smallest absolute Gasteiger partial charge is 0.416 e. The lowest BCUT2D eigenvalue weighted by atomic mass is 9.68. The summed E-state index contributed by atoms with van der Waals surface area (Å²) in [6.45, 7) is 7.10. The first-order chi connectivity index (χ1) is 28.2. The summed E-state index contributed by atoms with van der Waals surface area (Å²) in [6.07, 6.45) is -9.67. The van der Waals surface area contributed by atoms with Gasteiger partial charge in [0.2, 0.25) is 11.8 Å². The van der Waals surface area contributed by atoms with E-state index in [1.54, 1.807) is 12.1 Å². The topological polar surface area (TPSA) is 107 Å². The molecule has 2 amide bonds. The molecule has 1 aliphatic carbocycles. The molecule has 0 saturated carbocycles. The molecule has 0 unspecified atom stereocenters. The average Bonchev–Trinajstić information content (AvgIpc) is 3.45. The maximum absolute atomic E-state index is 14.3. The molecule has 1 fully saturated rings. The van der Waals surface area contributed by atoms with Gasteiger partial charge in [-0.2, -0.15) is 26.3 Å². The van der Waals surface area contributed by atoms with Crippen LogP contribution in [0.5, 0.6) is 5.75 Å². The third-order valence-electron chi connectivity index (χ3n) is 11.6. The Morgan fingerprint density at radius 2 is 1.37 bits per heavy atom. The van der Waals surface area contributed by atoms with Gasteiger partial charge in [0.25, 0.3) is 8.32 Å². The zero-order valence-electron chi connectivity index (χ0n) is 33.5. The lowest BCUT2D eigenvalue weighted by Crippen LogP contribution is -2.66. The molecule has 1 heterocycles. The fourth-order valence-electron chi connectivity index (χ4n) is 8.82. The monoisotopic (exact) mass is 851 g/mol. The van der Waals surface area contributed by atoms with E-state index in [4.69, 9.17) is 4.43 Å². The van der Waals surface area contributed by atoms with E-state index < -0.39 is 84.8 Å². The van der Waals surface area contributed by atoms with Gasteiger partial charge in [0.1, 0.15) is 5.75 Å². The van der Waals surface area contributed by atoms with Gasteiger partial charge in [-0.25, -0.2) is 4.90 Å². The minimum Gasteiger partial charge on any atom is -0.508 e. The number of alkyl halides is 6. The van der Waals surface area contributed by atoms with Crippen molar-refractivity contribution in [3.8, 4) is 5.75 Å². The number of phenolic OH excluding ortho intramolecular Hbond substituents is 1. The second kappa shape index (κ2) is 17.2. The van der Waals surface area contributed by atoms with Crippen molar-refractivity contribution in [1.82, 2.24) is 0 Å². The summed E-state index contributed by atoms with van der Waals surface area (Å²) in [5.41, 5.74) is -1.96. The molecule has 0 spiro atoms. The van der Waals surface area contributed by atoms with Gasteiger partial charge in [-0.15, -0.1) is 0 Å². The minimum atomic E-state index is -5.23. The number of nitrogens with zero attached hydrogens (tertiary/aromatic N) is 1. The van der Waals surface area contributed by atoms with Crippen LogP contribution in [0.25, 0.3) is 6.08 Å². The SMILES string of the molecule is C/C(=C\c1ccc(O)cc1)CC[C@@H](O)C1=C(CO[Si](c2ccccc2)(c2ccccc2)C(C)(C)C)C[C@H]2C(=O)N(c3cc(C(F)(F)F)cc(C(F)(F)F)c3)C(=O)[C@H]2[C@H]1CO. The van der Waals surface area contributed by atoms with Gasteiger partial charge in [0.05, 0.1) is 48.0 Å². The number of halogens is 6. The van der Waals surface area contributed by atoms with Crippen LogP contribution in [-0.2, 0) is 26.4 Å². The van der Waals surface area contributed by atoms with Crippen LogP contribution >= 0.6 is 0 Å². The molecule has 0 aromatic heterocycles. The number of fused-ring (bicyclic) bond motifs is 1. The first kappa shape index (κ1) is 44.5. The number of hydrogen-bond donors (Lipinski definition) is 3. The number of aliphatic hydroxyl groups excluding tert-OH is 2. The highest BCUT2D eigenvalue weighted by Gasteiger charge is 2.57. The zero-order chi connectivity index (χ0) is 43.8. The van der Waals surface area contributed by atoms with E-state index in [9.17, 15) is 51.3 Å². The highest BCUT2D eigenvalue weighted by atomic mass is 28.4. The number of imide groups is 1. The summed E-state index contributed by atoms with van der Waals surface area (Å²) in [6, 6.07) is 26.4. The summed E-state index contributed by atoms with van der Waals surface area (Å²) in [5.74, 6) is -5.91. The summed E-state index contributed by atoms with van der Waals surface area (Å²) in [7, 11) is -3.27. The standard InChI is InChI=1S/C46H47F6NO6Si/c1-28(21-29-16-18-34(55)19-17-29)15-20-39(56)40-30(27-59-60(44(2,3)4,35-11-7-5-8-12-35)36-13-9-6-10-14-36)22-37-41(38(40)26-54)43(58)53(42(37)57)33-24-31(45(47,48)49)23-32(25-33)46(50,51)52/h5-14,16-19,21,23-25,37-39,41,54-56H,15,20,22,26-27H2,1-4H3/b28-21+/t37-,38+,39-,41-/m1/s1. The molecule has 6 rings (SSSR count). The van der Waals surface area contributed by atoms with Crippen LogP contribution in [0.4, 0.5) is 32.0 Å². The first-order valence-electron chi connectivity index (χ1n) is 19.6. The van der Waals surface area contributed by atoms with Crippen LogP contribution in [0.2, 0.25) is 5.04 Å². The molecule has 1 aliphatic heterocycles. The number of hydrogen-bond acceptors (Lipinski definition) is 6. The maximum Gasteiger partial charge on any atom is 0.416 e. The molecule has 60 heavy (non-hydrogen) atoms. The molecule has 2 aliphatic rings. The number of phenols is 1. The van der Waals surface area contributed by atoms with Crippen molar-refractivity contribution in [2.75, 3.05) is 18.1 Å². The largest absolute Gasteiger partial charge is 0.508 e. The van der Waals surface area contributed by atoms with E-state index in [1.807, 2.05) is 73.7 Å². The summed E-state index contributed by atoms with van der Waals surface area (Å²) in [5, 5.41) is 34.2. The van der Waals surface area contributed by atoms with Crippen LogP contribution < -0.4 is 15.3 Å². The fraction of sp³-hybridized carbons (Fsp3) is 0.348. The Labute approximate surface area is 345 Å². The molecule has 1 saturated heterocycles. The number of allylic oxidation sites excluding steroid dienone is 1. The molecule has 0 bridgehead atoms. The molecule has 4 aromatic rings. The van der Waals surface area contributed by atoms with Crippen molar-refractivity contribution in [2.45, 2.75) is 70.5 Å². The molecule has 14 heteroatoms. The number of carbonyl (C=O) groups excluding carboxylic acids is 2. The Morgan fingerprint density at radius 3 is 1.85 bits per heavy atom. The molecule has 7 nitrogen and oxygen atoms in total. The molecule has 0 radical (unpaired) electrons. The quantitative estimate of drug-likeness (QED) is 0.0571. The van der Waals surface area contributed by atoms with E-state index in [2.05, 4.69) is 20.8 Å². The van der Waals surface area contributed by atoms with Crippen molar-refractivity contribution < 1.29 is 55.7 Å². The molecular formula is C46H47F6NO6Si. The first-order valence-corrected chi connectivity index (χ1v) is 21.5. The van der Waals surface area contributed by atoms with Gasteiger partial charge in [0.15, 0.2) is 0 Å². The van der Waals surface area contributed by atoms with Crippen molar-refractivity contribution in [2.24, 2.45) is 17.8 Å². The fourth-order valence-corrected chi connectivity index (χ4v) is 13.4. The molecular weight excluding hydrogens is 805 g/mol. The van der Waals surface area contributed by atoms with Crippen LogP contribution in [0.1, 0.15) is 63.6 Å². The van der Waals surface area contributed by atoms with E-state index in [0.717, 1.165) is 21.5 Å². The van der Waals surface area contributed by atoms with Gasteiger partial charge in [-0.05, 0) is 88.6 Å². The van der Waals surface area contributed by atoms with Gasteiger partial charge in [0, 0.05) is 5.92 Å². The third kappa shape index (κ3) is 8.88. The zero-order valence-corrected chi connectivity index (χ0v) is 34.5. The summed E-state index contributed by atoms with van der Waals surface area (Å²) in [4.78, 5) is 29.0. The number of aliphatic hydroxyl groups is 2. The maximum atomic E-state index is 14.3. The molecule has 4 aromatic carbocycles. The Bertz CT molecular complexity index is 2180. The minimum absolute atomic E-state index is 0.0769. The van der Waals surface area contributed by atoms with Crippen LogP contribution in [-0.4, -0.2) is 54.8 Å². The number of benzene rings is 4. The van der Waals surface area contributed by atoms with Crippen molar-refractivity contribution in [3.05, 3.63) is 137 Å². The highest BCUT2D eigenvalue weighted by Crippen LogP contribution is 2.49. The van der Waals surface area contributed by atoms with E-state index in [-0.39, 0.29) is 36.8 Å². The third-order valence-corrected chi connectivity index (χ3v) is 16.6. The molecule has 4 atom stereocenters. The normalized spacial score (nSPS) is 19.8. The Hall–Kier alpha value is -5.02.